The summed E-state index contributed by atoms with van der Waals surface area (Å²) in [6, 6.07) is 14.4. The summed E-state index contributed by atoms with van der Waals surface area (Å²) in [6.45, 7) is 8.31. The summed E-state index contributed by atoms with van der Waals surface area (Å²) in [5.74, 6) is 1.37. The minimum Gasteiger partial charge on any atom is -0.494 e. The van der Waals surface area contributed by atoms with E-state index >= 15 is 0 Å². The summed E-state index contributed by atoms with van der Waals surface area (Å²) < 4.78 is 7.68. The summed E-state index contributed by atoms with van der Waals surface area (Å²) in [5, 5.41) is 11.8. The summed E-state index contributed by atoms with van der Waals surface area (Å²) in [6.07, 6.45) is 6.21. The fraction of sp³-hybridized carbons (Fsp3) is 0.385. The Hall–Kier alpha value is -3.52. The summed E-state index contributed by atoms with van der Waals surface area (Å²) >= 11 is 0. The number of benzene rings is 2. The van der Waals surface area contributed by atoms with Gasteiger partial charge in [-0.25, -0.2) is 4.98 Å². The first-order valence-corrected chi connectivity index (χ1v) is 12.2. The number of nitrogens with one attached hydrogen (secondary N) is 1. The van der Waals surface area contributed by atoms with Crippen molar-refractivity contribution < 1.29 is 4.74 Å². The minimum absolute atomic E-state index is 0.505. The van der Waals surface area contributed by atoms with Crippen molar-refractivity contribution in [1.82, 2.24) is 29.9 Å². The van der Waals surface area contributed by atoms with Crippen LogP contribution in [0, 0.1) is 0 Å². The molecule has 1 aliphatic rings. The highest BCUT2D eigenvalue weighted by molar-refractivity contribution is 5.73. The fourth-order valence-corrected chi connectivity index (χ4v) is 4.43. The molecule has 2 heterocycles. The molecule has 0 atom stereocenters. The first-order chi connectivity index (χ1) is 16.7. The monoisotopic (exact) mass is 457 g/mol. The van der Waals surface area contributed by atoms with E-state index in [9.17, 15) is 0 Å². The van der Waals surface area contributed by atoms with E-state index < -0.39 is 0 Å². The molecule has 1 N–H and O–H groups in total. The molecule has 5 rings (SSSR count). The molecule has 2 aromatic carbocycles. The Morgan fingerprint density at radius 1 is 1.03 bits per heavy atom. The summed E-state index contributed by atoms with van der Waals surface area (Å²) in [7, 11) is 0. The van der Waals surface area contributed by atoms with E-state index in [0.29, 0.717) is 23.7 Å². The third kappa shape index (κ3) is 4.87. The molecule has 0 aliphatic heterocycles. The van der Waals surface area contributed by atoms with Crippen LogP contribution >= 0.6 is 0 Å². The van der Waals surface area contributed by atoms with Gasteiger partial charge in [0, 0.05) is 12.2 Å². The molecule has 1 aliphatic carbocycles. The van der Waals surface area contributed by atoms with Crippen molar-refractivity contribution in [3.05, 3.63) is 59.8 Å². The highest BCUT2D eigenvalue weighted by Gasteiger charge is 2.15. The predicted octanol–water partition coefficient (Wildman–Crippen LogP) is 4.55. The molecule has 4 aromatic rings. The summed E-state index contributed by atoms with van der Waals surface area (Å²) in [4.78, 5) is 11.5. The van der Waals surface area contributed by atoms with Crippen molar-refractivity contribution in [2.45, 2.75) is 39.5 Å². The second-order valence-electron chi connectivity index (χ2n) is 8.59. The van der Waals surface area contributed by atoms with E-state index in [-0.39, 0.29) is 0 Å². The molecule has 0 spiro atoms. The number of ether oxygens (including phenoxy) is 1. The van der Waals surface area contributed by atoms with Gasteiger partial charge in [-0.1, -0.05) is 25.1 Å². The van der Waals surface area contributed by atoms with Crippen molar-refractivity contribution in [2.24, 2.45) is 0 Å². The number of rotatable bonds is 10. The SMILES string of the molecule is CCN(CC)CCCOc1ccc(Nc2ncc3nnn(-c4ccc5c(c4)CCC5)c3n2)cc1. The van der Waals surface area contributed by atoms with Crippen molar-refractivity contribution in [3.63, 3.8) is 0 Å². The summed E-state index contributed by atoms with van der Waals surface area (Å²) in [5.41, 5.74) is 6.05. The molecule has 0 fully saturated rings. The lowest BCUT2D eigenvalue weighted by Gasteiger charge is -2.17. The molecule has 0 amide bonds. The Kier molecular flexibility index (Phi) is 6.67. The fourth-order valence-electron chi connectivity index (χ4n) is 4.43. The number of fused-ring (bicyclic) bond motifs is 2. The zero-order chi connectivity index (χ0) is 23.3. The quantitative estimate of drug-likeness (QED) is 0.350. The van der Waals surface area contributed by atoms with Crippen LogP contribution in [0.25, 0.3) is 16.9 Å². The Morgan fingerprint density at radius 2 is 1.85 bits per heavy atom. The van der Waals surface area contributed by atoms with Gasteiger partial charge in [0.05, 0.1) is 18.5 Å². The molecule has 8 heteroatoms. The van der Waals surface area contributed by atoms with E-state index in [1.54, 1.807) is 10.9 Å². The molecule has 2 aromatic heterocycles. The third-order valence-electron chi connectivity index (χ3n) is 6.41. The van der Waals surface area contributed by atoms with Gasteiger partial charge in [0.2, 0.25) is 5.95 Å². The highest BCUT2D eigenvalue weighted by atomic mass is 16.5. The molecule has 0 radical (unpaired) electrons. The molecule has 0 bridgehead atoms. The molecule has 0 unspecified atom stereocenters. The van der Waals surface area contributed by atoms with Gasteiger partial charge in [-0.2, -0.15) is 9.67 Å². The maximum atomic E-state index is 5.89. The molecule has 0 saturated heterocycles. The zero-order valence-corrected chi connectivity index (χ0v) is 19.9. The Bertz CT molecular complexity index is 1250. The van der Waals surface area contributed by atoms with Crippen LogP contribution in [0.15, 0.2) is 48.7 Å². The number of anilines is 2. The van der Waals surface area contributed by atoms with Crippen molar-refractivity contribution in [2.75, 3.05) is 31.6 Å². The average molecular weight is 458 g/mol. The van der Waals surface area contributed by atoms with E-state index in [0.717, 1.165) is 56.0 Å². The number of aromatic nitrogens is 5. The first kappa shape index (κ1) is 22.3. The van der Waals surface area contributed by atoms with E-state index in [2.05, 4.69) is 57.6 Å². The minimum atomic E-state index is 0.505. The highest BCUT2D eigenvalue weighted by Crippen LogP contribution is 2.26. The van der Waals surface area contributed by atoms with E-state index in [4.69, 9.17) is 9.72 Å². The maximum Gasteiger partial charge on any atom is 0.229 e. The van der Waals surface area contributed by atoms with Crippen LogP contribution in [0.1, 0.15) is 37.8 Å². The average Bonchev–Trinajstić information content (AvgIpc) is 3.51. The number of hydrogen-bond donors (Lipinski definition) is 1. The van der Waals surface area contributed by atoms with Gasteiger partial charge in [0.15, 0.2) is 11.2 Å². The topological polar surface area (TPSA) is 81.0 Å². The lowest BCUT2D eigenvalue weighted by atomic mass is 10.1. The van der Waals surface area contributed by atoms with Crippen molar-refractivity contribution in [1.29, 1.82) is 0 Å². The molecule has 8 nitrogen and oxygen atoms in total. The normalized spacial score (nSPS) is 12.9. The molecular formula is C26H31N7O. The van der Waals surface area contributed by atoms with Gasteiger partial charge in [0.25, 0.3) is 0 Å². The molecular weight excluding hydrogens is 426 g/mol. The molecule has 34 heavy (non-hydrogen) atoms. The van der Waals surface area contributed by atoms with Crippen LogP contribution in [0.5, 0.6) is 5.75 Å². The third-order valence-corrected chi connectivity index (χ3v) is 6.41. The van der Waals surface area contributed by atoms with Gasteiger partial charge in [-0.05, 0) is 86.3 Å². The van der Waals surface area contributed by atoms with E-state index in [1.807, 2.05) is 24.3 Å². The standard InChI is InChI=1S/C26H31N7O/c1-3-32(4-2)15-6-16-34-23-13-10-21(11-14-23)28-26-27-18-24-25(29-26)33(31-30-24)22-12-9-19-7-5-8-20(19)17-22/h9-14,17-18H,3-8,15-16H2,1-2H3,(H,27,28,29). The number of hydrogen-bond acceptors (Lipinski definition) is 7. The van der Waals surface area contributed by atoms with Gasteiger partial charge in [-0.3, -0.25) is 0 Å². The lowest BCUT2D eigenvalue weighted by molar-refractivity contribution is 0.249. The largest absolute Gasteiger partial charge is 0.494 e. The first-order valence-electron chi connectivity index (χ1n) is 12.2. The van der Waals surface area contributed by atoms with Crippen LogP contribution in [-0.2, 0) is 12.8 Å². The Morgan fingerprint density at radius 3 is 2.68 bits per heavy atom. The van der Waals surface area contributed by atoms with Crippen LogP contribution in [0.2, 0.25) is 0 Å². The van der Waals surface area contributed by atoms with Gasteiger partial charge >= 0.3 is 0 Å². The van der Waals surface area contributed by atoms with Gasteiger partial charge < -0.3 is 15.0 Å². The second kappa shape index (κ2) is 10.2. The van der Waals surface area contributed by atoms with E-state index in [1.165, 1.54) is 17.5 Å². The lowest BCUT2D eigenvalue weighted by Crippen LogP contribution is -2.25. The van der Waals surface area contributed by atoms with Gasteiger partial charge in [0.1, 0.15) is 5.75 Å². The van der Waals surface area contributed by atoms with Crippen LogP contribution in [-0.4, -0.2) is 56.1 Å². The van der Waals surface area contributed by atoms with Crippen LogP contribution < -0.4 is 10.1 Å². The number of aryl methyl sites for hydroxylation is 2. The number of nitrogens with zero attached hydrogens (tertiary/aromatic N) is 6. The Balaban J connectivity index is 1.25. The Labute approximate surface area is 200 Å². The zero-order valence-electron chi connectivity index (χ0n) is 19.9. The van der Waals surface area contributed by atoms with Gasteiger partial charge in [-0.15, -0.1) is 5.10 Å². The van der Waals surface area contributed by atoms with Crippen molar-refractivity contribution in [3.8, 4) is 11.4 Å². The maximum absolute atomic E-state index is 5.89. The van der Waals surface area contributed by atoms with Crippen LogP contribution in [0.4, 0.5) is 11.6 Å². The van der Waals surface area contributed by atoms with Crippen molar-refractivity contribution >= 4 is 22.8 Å². The smallest absolute Gasteiger partial charge is 0.229 e. The predicted molar refractivity (Wildman–Crippen MR) is 134 cm³/mol. The van der Waals surface area contributed by atoms with Crippen LogP contribution in [0.3, 0.4) is 0 Å². The second-order valence-corrected chi connectivity index (χ2v) is 8.59. The molecule has 0 saturated carbocycles. The molecule has 176 valence electrons.